The Kier molecular flexibility index (Phi) is 7.67. The van der Waals surface area contributed by atoms with Crippen LogP contribution in [0.25, 0.3) is 0 Å². The summed E-state index contributed by atoms with van der Waals surface area (Å²) in [4.78, 5) is 1.33. The molecular weight excluding hydrogens is 568 g/mol. The van der Waals surface area contributed by atoms with Crippen molar-refractivity contribution < 1.29 is 39.5 Å². The summed E-state index contributed by atoms with van der Waals surface area (Å²) in [7, 11) is -8.00. The fourth-order valence-electron chi connectivity index (χ4n) is 4.22. The monoisotopic (exact) mass is 592 g/mol. The van der Waals surface area contributed by atoms with Gasteiger partial charge in [-0.3, -0.25) is 0 Å². The van der Waals surface area contributed by atoms with E-state index >= 15 is 0 Å². The molecule has 7 nitrogen and oxygen atoms in total. The van der Waals surface area contributed by atoms with Gasteiger partial charge in [-0.05, 0) is 54.3 Å². The molecule has 0 bridgehead atoms. The highest BCUT2D eigenvalue weighted by atomic mass is 32.2. The van der Waals surface area contributed by atoms with Crippen LogP contribution in [0, 0.1) is 5.82 Å². The van der Waals surface area contributed by atoms with Gasteiger partial charge in [-0.15, -0.1) is 11.3 Å². The van der Waals surface area contributed by atoms with E-state index < -0.39 is 54.8 Å². The summed E-state index contributed by atoms with van der Waals surface area (Å²) in [6.45, 7) is 0.448. The molecule has 0 aliphatic carbocycles. The maximum Gasteiger partial charge on any atom is 0.421 e. The minimum Gasteiger partial charge on any atom is -0.376 e. The number of anilines is 1. The van der Waals surface area contributed by atoms with Crippen molar-refractivity contribution in [2.75, 3.05) is 30.3 Å². The van der Waals surface area contributed by atoms with Crippen LogP contribution in [0.1, 0.15) is 12.5 Å². The summed E-state index contributed by atoms with van der Waals surface area (Å²) < 4.78 is 108. The van der Waals surface area contributed by atoms with Crippen molar-refractivity contribution in [3.8, 4) is 0 Å². The van der Waals surface area contributed by atoms with E-state index in [0.29, 0.717) is 12.6 Å². The second-order valence-electron chi connectivity index (χ2n) is 9.00. The molecule has 0 saturated carbocycles. The van der Waals surface area contributed by atoms with Crippen molar-refractivity contribution >= 4 is 36.9 Å². The van der Waals surface area contributed by atoms with Gasteiger partial charge in [-0.1, -0.05) is 24.3 Å². The lowest BCUT2D eigenvalue weighted by atomic mass is 9.95. The molecule has 206 valence electrons. The van der Waals surface area contributed by atoms with E-state index in [9.17, 15) is 39.5 Å². The number of thiophene rings is 1. The van der Waals surface area contributed by atoms with Gasteiger partial charge in [0.25, 0.3) is 10.0 Å². The van der Waals surface area contributed by atoms with Crippen molar-refractivity contribution in [2.24, 2.45) is 0 Å². The van der Waals surface area contributed by atoms with E-state index in [1.165, 1.54) is 34.6 Å². The summed E-state index contributed by atoms with van der Waals surface area (Å²) in [6.07, 6.45) is -4.92. The van der Waals surface area contributed by atoms with Crippen LogP contribution >= 0.6 is 11.3 Å². The van der Waals surface area contributed by atoms with E-state index in [4.69, 9.17) is 0 Å². The Labute approximate surface area is 221 Å². The van der Waals surface area contributed by atoms with Crippen molar-refractivity contribution in [2.45, 2.75) is 33.8 Å². The molecule has 3 aromatic rings. The predicted molar refractivity (Wildman–Crippen MR) is 135 cm³/mol. The quantitative estimate of drug-likeness (QED) is 0.417. The maximum atomic E-state index is 13.7. The van der Waals surface area contributed by atoms with Crippen molar-refractivity contribution in [1.82, 2.24) is 4.31 Å². The standard InChI is InChI=1S/C24H24F4N2O5S3/c1-23(31,24(26,27)28)17-7-9-19(10-8-17)30-12-11-29(38(34,35)22-6-3-13-36-22)15-20(30)16-37(32,33)21-5-2-4-18(25)14-21/h2-10,13-14,20,31H,11-12,15-16H2,1H3/t20-,23+/m1/s1. The van der Waals surface area contributed by atoms with Crippen LogP contribution in [0.4, 0.5) is 23.2 Å². The zero-order chi connectivity index (χ0) is 27.9. The highest BCUT2D eigenvalue weighted by Gasteiger charge is 2.51. The first-order valence-corrected chi connectivity index (χ1v) is 15.3. The van der Waals surface area contributed by atoms with Crippen LogP contribution in [0.5, 0.6) is 0 Å². The third-order valence-electron chi connectivity index (χ3n) is 6.41. The van der Waals surface area contributed by atoms with E-state index in [2.05, 4.69) is 0 Å². The zero-order valence-electron chi connectivity index (χ0n) is 20.0. The van der Waals surface area contributed by atoms with Crippen LogP contribution in [-0.2, 0) is 25.5 Å². The molecule has 2 heterocycles. The molecule has 2 aromatic carbocycles. The number of alkyl halides is 3. The molecule has 2 atom stereocenters. The number of hydrogen-bond donors (Lipinski definition) is 1. The number of nitrogens with zero attached hydrogens (tertiary/aromatic N) is 2. The highest BCUT2D eigenvalue weighted by molar-refractivity contribution is 7.91. The summed E-state index contributed by atoms with van der Waals surface area (Å²) in [6, 6.07) is 11.4. The van der Waals surface area contributed by atoms with Crippen LogP contribution < -0.4 is 4.90 Å². The summed E-state index contributed by atoms with van der Waals surface area (Å²) >= 11 is 1.02. The number of aliphatic hydroxyl groups is 1. The summed E-state index contributed by atoms with van der Waals surface area (Å²) in [5.74, 6) is -1.32. The molecule has 38 heavy (non-hydrogen) atoms. The average molecular weight is 593 g/mol. The Bertz CT molecular complexity index is 1490. The summed E-state index contributed by atoms with van der Waals surface area (Å²) in [5.41, 5.74) is -3.16. The Morgan fingerprint density at radius 3 is 2.26 bits per heavy atom. The van der Waals surface area contributed by atoms with Gasteiger partial charge in [0, 0.05) is 25.3 Å². The minimum atomic E-state index is -4.92. The van der Waals surface area contributed by atoms with E-state index in [1.54, 1.807) is 16.3 Å². The van der Waals surface area contributed by atoms with Gasteiger partial charge in [0.1, 0.15) is 10.0 Å². The molecular formula is C24H24F4N2O5S3. The van der Waals surface area contributed by atoms with E-state index in [1.807, 2.05) is 0 Å². The van der Waals surface area contributed by atoms with Crippen LogP contribution in [-0.4, -0.2) is 63.9 Å². The second-order valence-corrected chi connectivity index (χ2v) is 14.1. The van der Waals surface area contributed by atoms with Gasteiger partial charge in [0.05, 0.1) is 16.7 Å². The van der Waals surface area contributed by atoms with E-state index in [-0.39, 0.29) is 28.7 Å². The smallest absolute Gasteiger partial charge is 0.376 e. The number of sulfone groups is 1. The van der Waals surface area contributed by atoms with Crippen molar-refractivity contribution in [3.05, 3.63) is 77.4 Å². The van der Waals surface area contributed by atoms with Crippen molar-refractivity contribution in [3.63, 3.8) is 0 Å². The number of rotatable bonds is 7. The highest BCUT2D eigenvalue weighted by Crippen LogP contribution is 2.39. The first kappa shape index (κ1) is 28.5. The third kappa shape index (κ3) is 5.59. The van der Waals surface area contributed by atoms with Gasteiger partial charge >= 0.3 is 6.18 Å². The van der Waals surface area contributed by atoms with Gasteiger partial charge in [-0.25, -0.2) is 21.2 Å². The lowest BCUT2D eigenvalue weighted by Crippen LogP contribution is -2.57. The average Bonchev–Trinajstić information content (AvgIpc) is 3.39. The van der Waals surface area contributed by atoms with Gasteiger partial charge in [0.2, 0.25) is 0 Å². The Morgan fingerprint density at radius 2 is 1.68 bits per heavy atom. The maximum absolute atomic E-state index is 13.7. The predicted octanol–water partition coefficient (Wildman–Crippen LogP) is 4.01. The molecule has 0 amide bonds. The molecule has 1 aliphatic heterocycles. The van der Waals surface area contributed by atoms with Gasteiger partial charge in [-0.2, -0.15) is 17.5 Å². The Morgan fingerprint density at radius 1 is 1.00 bits per heavy atom. The van der Waals surface area contributed by atoms with Gasteiger partial charge in [0.15, 0.2) is 15.4 Å². The Hall–Kier alpha value is -2.52. The van der Waals surface area contributed by atoms with E-state index in [0.717, 1.165) is 35.6 Å². The zero-order valence-corrected chi connectivity index (χ0v) is 22.4. The molecule has 0 radical (unpaired) electrons. The number of sulfonamides is 1. The fourth-order valence-corrected chi connectivity index (χ4v) is 8.39. The topological polar surface area (TPSA) is 95.0 Å². The van der Waals surface area contributed by atoms with Gasteiger partial charge < -0.3 is 10.0 Å². The largest absolute Gasteiger partial charge is 0.421 e. The number of hydrogen-bond acceptors (Lipinski definition) is 7. The van der Waals surface area contributed by atoms with Crippen LogP contribution in [0.2, 0.25) is 0 Å². The lowest BCUT2D eigenvalue weighted by Gasteiger charge is -2.42. The molecule has 0 unspecified atom stereocenters. The molecule has 0 spiro atoms. The second kappa shape index (κ2) is 10.2. The van der Waals surface area contributed by atoms with Crippen molar-refractivity contribution in [1.29, 1.82) is 0 Å². The number of benzene rings is 2. The van der Waals surface area contributed by atoms with Crippen LogP contribution in [0.15, 0.2) is 75.1 Å². The molecule has 1 aromatic heterocycles. The molecule has 1 fully saturated rings. The normalized spacial score (nSPS) is 19.3. The minimum absolute atomic E-state index is 0.00123. The third-order valence-corrected chi connectivity index (χ3v) is 11.4. The first-order valence-electron chi connectivity index (χ1n) is 11.3. The lowest BCUT2D eigenvalue weighted by molar-refractivity contribution is -0.258. The fraction of sp³-hybridized carbons (Fsp3) is 0.333. The molecule has 4 rings (SSSR count). The molecule has 14 heteroatoms. The first-order chi connectivity index (χ1) is 17.6. The Balaban J connectivity index is 1.68. The number of halogens is 4. The molecule has 1 aliphatic rings. The summed E-state index contributed by atoms with van der Waals surface area (Å²) in [5, 5.41) is 11.6. The molecule has 1 saturated heterocycles. The van der Waals surface area contributed by atoms with Crippen LogP contribution in [0.3, 0.4) is 0 Å². The number of piperazine rings is 1. The molecule has 1 N–H and O–H groups in total. The SMILES string of the molecule is C[C@](O)(c1ccc(N2CCN(S(=O)(=O)c3cccs3)C[C@@H]2CS(=O)(=O)c2cccc(F)c2)cc1)C(F)(F)F.